The molecule has 0 aromatic rings. The van der Waals surface area contributed by atoms with Gasteiger partial charge in [0.05, 0.1) is 0 Å². The van der Waals surface area contributed by atoms with Gasteiger partial charge in [-0.3, -0.25) is 0 Å². The van der Waals surface area contributed by atoms with Crippen LogP contribution in [0.5, 0.6) is 0 Å². The molecule has 0 aliphatic carbocycles. The van der Waals surface area contributed by atoms with Crippen LogP contribution < -0.4 is 0 Å². The van der Waals surface area contributed by atoms with Gasteiger partial charge >= 0.3 is 40.9 Å². The van der Waals surface area contributed by atoms with Crippen LogP contribution in [0.2, 0.25) is 0 Å². The van der Waals surface area contributed by atoms with Crippen LogP contribution in [0.15, 0.2) is 3.39 Å². The van der Waals surface area contributed by atoms with Gasteiger partial charge in [0.1, 0.15) is 0 Å². The summed E-state index contributed by atoms with van der Waals surface area (Å²) in [5.41, 5.74) is 0. The van der Waals surface area contributed by atoms with Gasteiger partial charge in [0, 0.05) is 0 Å². The van der Waals surface area contributed by atoms with E-state index in [4.69, 9.17) is 0 Å². The van der Waals surface area contributed by atoms with E-state index in [0.29, 0.717) is 0 Å². The quantitative estimate of drug-likeness (QED) is 0.358. The second-order valence-electron chi connectivity index (χ2n) is 1.44. The minimum absolute atomic E-state index is 1.83. The van der Waals surface area contributed by atoms with Gasteiger partial charge in [-0.05, 0) is 0 Å². The van der Waals surface area contributed by atoms with Crippen molar-refractivity contribution in [2.45, 2.75) is 0 Å². The predicted octanol–water partition coefficient (Wildman–Crippen LogP) is 1.40. The third kappa shape index (κ3) is 4.20. The molecule has 0 spiro atoms. The molecule has 0 aromatic carbocycles. The van der Waals surface area contributed by atoms with Gasteiger partial charge in [-0.2, -0.15) is 0 Å². The Morgan fingerprint density at radius 1 is 1.67 bits per heavy atom. The number of halogens is 1. The Bertz CT molecular complexity index is 93.0. The molecule has 0 aromatic heterocycles. The summed E-state index contributed by atoms with van der Waals surface area (Å²) in [6.07, 6.45) is 0. The van der Waals surface area contributed by atoms with Crippen molar-refractivity contribution < 1.29 is 0 Å². The Hall–Kier alpha value is 0.200. The van der Waals surface area contributed by atoms with Crippen molar-refractivity contribution in [2.75, 3.05) is 9.86 Å². The molecule has 0 aliphatic rings. The monoisotopic (exact) mass is 201 g/mol. The minimum atomic E-state index is -2.16. The summed E-state index contributed by atoms with van der Waals surface area (Å²) in [6, 6.07) is 0. The maximum absolute atomic E-state index is 9.59. The second-order valence-corrected chi connectivity index (χ2v) is 9.65. The summed E-state index contributed by atoms with van der Waals surface area (Å²) in [5.74, 6) is 0. The summed E-state index contributed by atoms with van der Waals surface area (Å²) < 4.78 is 6.43. The summed E-state index contributed by atoms with van der Waals surface area (Å²) in [6.45, 7) is 0. The van der Waals surface area contributed by atoms with Crippen molar-refractivity contribution >= 4 is 22.7 Å². The van der Waals surface area contributed by atoms with Crippen molar-refractivity contribution in [2.24, 2.45) is 3.39 Å². The van der Waals surface area contributed by atoms with Crippen molar-refractivity contribution in [3.05, 3.63) is 4.91 Å². The molecular formula is C3H8INO. The zero-order chi connectivity index (χ0) is 5.21. The molecule has 0 bridgehead atoms. The predicted molar refractivity (Wildman–Crippen MR) is 38.8 cm³/mol. The van der Waals surface area contributed by atoms with Crippen LogP contribution in [0.4, 0.5) is 0 Å². The Morgan fingerprint density at radius 3 is 1.83 bits per heavy atom. The van der Waals surface area contributed by atoms with Gasteiger partial charge in [0.25, 0.3) is 0 Å². The first-order valence-electron chi connectivity index (χ1n) is 1.37. The van der Waals surface area contributed by atoms with E-state index in [0.717, 1.165) is 0 Å². The van der Waals surface area contributed by atoms with Gasteiger partial charge in [-0.15, -0.1) is 0 Å². The summed E-state index contributed by atoms with van der Waals surface area (Å²) >= 11 is -2.16. The van der Waals surface area contributed by atoms with E-state index < -0.39 is 18.2 Å². The molecule has 0 N–H and O–H groups in total. The summed E-state index contributed by atoms with van der Waals surface area (Å²) in [7, 11) is 0. The number of hydrogen-bond acceptors (Lipinski definition) is 2. The van der Waals surface area contributed by atoms with Crippen LogP contribution in [0.3, 0.4) is 0 Å². The van der Waals surface area contributed by atoms with Gasteiger partial charge < -0.3 is 0 Å². The third-order valence-electron chi connectivity index (χ3n) is 0.187. The Balaban J connectivity index is 3.81. The molecule has 0 amide bonds. The molecule has 0 aliphatic heterocycles. The standard InChI is InChI=1S/C3H8INO/c1-4(2,3)5-6/h1H2,2-3H3. The molecule has 2 nitrogen and oxygen atoms in total. The Kier molecular flexibility index (Phi) is 1.83. The van der Waals surface area contributed by atoms with E-state index in [2.05, 4.69) is 7.90 Å². The zero-order valence-corrected chi connectivity index (χ0v) is 6.10. The first-order chi connectivity index (χ1) is 2.56. The van der Waals surface area contributed by atoms with Gasteiger partial charge in [-0.1, -0.05) is 0 Å². The van der Waals surface area contributed by atoms with E-state index >= 15 is 0 Å². The molecule has 6 heavy (non-hydrogen) atoms. The number of hydrogen-bond donors (Lipinski definition) is 0. The molecular weight excluding hydrogens is 193 g/mol. The Morgan fingerprint density at radius 2 is 1.83 bits per heavy atom. The molecule has 38 valence electrons. The fourth-order valence-corrected chi connectivity index (χ4v) is 0. The first-order valence-corrected chi connectivity index (χ1v) is 8.18. The molecule has 3 heteroatoms. The van der Waals surface area contributed by atoms with Gasteiger partial charge in [0.15, 0.2) is 0 Å². The SMILES string of the molecule is C=I(C)(C)N=O. The molecule has 0 atom stereocenters. The zero-order valence-electron chi connectivity index (χ0n) is 3.94. The number of alkyl halides is 2. The van der Waals surface area contributed by atoms with Gasteiger partial charge in [0.2, 0.25) is 0 Å². The van der Waals surface area contributed by atoms with Crippen LogP contribution in [-0.4, -0.2) is 14.4 Å². The maximum atomic E-state index is 9.59. The van der Waals surface area contributed by atoms with E-state index in [1.165, 1.54) is 0 Å². The van der Waals surface area contributed by atoms with Crippen LogP contribution in [0.1, 0.15) is 0 Å². The number of nitrogens with zero attached hydrogens (tertiary/aromatic N) is 1. The fraction of sp³-hybridized carbons (Fsp3) is 0.667. The Labute approximate surface area is 41.3 Å². The molecule has 0 rings (SSSR count). The van der Waals surface area contributed by atoms with E-state index in [1.54, 1.807) is 0 Å². The van der Waals surface area contributed by atoms with E-state index in [1.807, 2.05) is 9.86 Å². The van der Waals surface area contributed by atoms with Gasteiger partial charge in [-0.25, -0.2) is 0 Å². The topological polar surface area (TPSA) is 29.4 Å². The van der Waals surface area contributed by atoms with Crippen LogP contribution in [-0.2, 0) is 0 Å². The van der Waals surface area contributed by atoms with Crippen molar-refractivity contribution in [1.82, 2.24) is 0 Å². The summed E-state index contributed by atoms with van der Waals surface area (Å²) in [4.78, 5) is 13.3. The van der Waals surface area contributed by atoms with Crippen LogP contribution >= 0.6 is 18.2 Å². The molecule has 0 unspecified atom stereocenters. The third-order valence-corrected chi connectivity index (χ3v) is 1.25. The fourth-order valence-electron chi connectivity index (χ4n) is 0. The number of nitroso groups, excluding NO2 is 1. The normalized spacial score (nSPS) is 13.7. The number of rotatable bonds is 1. The van der Waals surface area contributed by atoms with Crippen molar-refractivity contribution in [1.29, 1.82) is 0 Å². The van der Waals surface area contributed by atoms with Crippen LogP contribution in [0.25, 0.3) is 0 Å². The second kappa shape index (κ2) is 1.77. The van der Waals surface area contributed by atoms with E-state index in [9.17, 15) is 4.91 Å². The van der Waals surface area contributed by atoms with E-state index in [-0.39, 0.29) is 0 Å². The molecule has 0 radical (unpaired) electrons. The molecule has 0 saturated heterocycles. The molecule has 0 heterocycles. The average molecular weight is 201 g/mol. The molecule has 0 saturated carbocycles. The van der Waals surface area contributed by atoms with Crippen molar-refractivity contribution in [3.8, 4) is 0 Å². The average Bonchev–Trinajstić information content (AvgIpc) is 1.35. The summed E-state index contributed by atoms with van der Waals surface area (Å²) in [5, 5.41) is 0. The molecule has 0 fully saturated rings. The first kappa shape index (κ1) is 6.20. The van der Waals surface area contributed by atoms with Crippen LogP contribution in [0, 0.1) is 4.91 Å². The van der Waals surface area contributed by atoms with Crippen molar-refractivity contribution in [3.63, 3.8) is 0 Å².